The van der Waals surface area contributed by atoms with Crippen LogP contribution >= 0.6 is 0 Å². The lowest BCUT2D eigenvalue weighted by atomic mass is 10.0. The number of nitrogens with one attached hydrogen (secondary N) is 3. The molecular weight excluding hydrogens is 390 g/mol. The van der Waals surface area contributed by atoms with E-state index in [9.17, 15) is 19.5 Å². The van der Waals surface area contributed by atoms with Gasteiger partial charge in [-0.1, -0.05) is 0 Å². The molecule has 0 saturated carbocycles. The van der Waals surface area contributed by atoms with Gasteiger partial charge in [0.15, 0.2) is 5.78 Å². The number of amides is 1. The van der Waals surface area contributed by atoms with Crippen LogP contribution in [0.4, 0.5) is 0 Å². The van der Waals surface area contributed by atoms with Crippen molar-refractivity contribution in [2.24, 2.45) is 0 Å². The summed E-state index contributed by atoms with van der Waals surface area (Å²) in [6.07, 6.45) is 0.442. The number of ketones is 1. The summed E-state index contributed by atoms with van der Waals surface area (Å²) in [4.78, 5) is 39.2. The fraction of sp³-hybridized carbons (Fsp3) is 0.429. The highest BCUT2D eigenvalue weighted by molar-refractivity contribution is 6.26. The highest BCUT2D eigenvalue weighted by Gasteiger charge is 2.27. The number of carbonyl (C=O) groups excluding carboxylic acids is 3. The molecule has 0 fully saturated rings. The standard InChI is InChI=1S/C21H27N3O6/c1-12(2)30-21(28)18(6-4-14(25)10-22)24-20(27)19(26)8-13-11-23-17-7-5-15(29-3)9-16(13)17/h5,7,9-12,18-19,22-23,26H,4,6,8H2,1-3H3,(H,24,27)/t18-,19-/m0/s1. The van der Waals surface area contributed by atoms with Crippen LogP contribution in [0.5, 0.6) is 5.75 Å². The first-order chi connectivity index (χ1) is 14.2. The van der Waals surface area contributed by atoms with Crippen molar-refractivity contribution in [3.8, 4) is 5.75 Å². The molecule has 1 heterocycles. The number of aromatic nitrogens is 1. The average molecular weight is 417 g/mol. The zero-order valence-corrected chi connectivity index (χ0v) is 17.2. The molecule has 0 bridgehead atoms. The molecule has 0 saturated heterocycles. The molecule has 30 heavy (non-hydrogen) atoms. The molecule has 0 radical (unpaired) electrons. The van der Waals surface area contributed by atoms with Crippen LogP contribution in [0, 0.1) is 5.41 Å². The molecular formula is C21H27N3O6. The van der Waals surface area contributed by atoms with Crippen molar-refractivity contribution in [2.45, 2.75) is 51.4 Å². The van der Waals surface area contributed by atoms with Gasteiger partial charge in [-0.3, -0.25) is 9.59 Å². The van der Waals surface area contributed by atoms with Gasteiger partial charge in [-0.25, -0.2) is 4.79 Å². The number of aliphatic hydroxyl groups excluding tert-OH is 1. The number of aromatic amines is 1. The minimum absolute atomic E-state index is 0.0182. The number of methoxy groups -OCH3 is 1. The molecule has 9 heteroatoms. The van der Waals surface area contributed by atoms with Crippen LogP contribution in [0.1, 0.15) is 32.3 Å². The smallest absolute Gasteiger partial charge is 0.328 e. The van der Waals surface area contributed by atoms with Gasteiger partial charge in [-0.05, 0) is 44.0 Å². The largest absolute Gasteiger partial charge is 0.497 e. The molecule has 0 aliphatic rings. The Morgan fingerprint density at radius 2 is 2.03 bits per heavy atom. The Hall–Kier alpha value is -3.20. The normalized spacial score (nSPS) is 13.0. The van der Waals surface area contributed by atoms with E-state index in [1.54, 1.807) is 39.3 Å². The van der Waals surface area contributed by atoms with E-state index in [0.29, 0.717) is 17.5 Å². The van der Waals surface area contributed by atoms with E-state index in [2.05, 4.69) is 10.3 Å². The van der Waals surface area contributed by atoms with Crippen molar-refractivity contribution in [2.75, 3.05) is 7.11 Å². The lowest BCUT2D eigenvalue weighted by Gasteiger charge is -2.20. The highest BCUT2D eigenvalue weighted by atomic mass is 16.5. The Kier molecular flexibility index (Phi) is 8.11. The van der Waals surface area contributed by atoms with Crippen molar-refractivity contribution in [3.05, 3.63) is 30.0 Å². The fourth-order valence-corrected chi connectivity index (χ4v) is 2.94. The number of carbonyl (C=O) groups is 3. The van der Waals surface area contributed by atoms with Gasteiger partial charge >= 0.3 is 5.97 Å². The number of ether oxygens (including phenoxy) is 2. The minimum atomic E-state index is -1.41. The fourth-order valence-electron chi connectivity index (χ4n) is 2.94. The minimum Gasteiger partial charge on any atom is -0.497 e. The number of rotatable bonds is 11. The second kappa shape index (κ2) is 10.5. The molecule has 0 unspecified atom stereocenters. The predicted molar refractivity (Wildman–Crippen MR) is 111 cm³/mol. The number of fused-ring (bicyclic) bond motifs is 1. The van der Waals surface area contributed by atoms with Gasteiger partial charge in [0.1, 0.15) is 17.9 Å². The molecule has 0 aliphatic heterocycles. The molecule has 9 nitrogen and oxygen atoms in total. The topological polar surface area (TPSA) is 142 Å². The molecule has 4 N–H and O–H groups in total. The van der Waals surface area contributed by atoms with E-state index in [1.165, 1.54) is 0 Å². The van der Waals surface area contributed by atoms with Crippen LogP contribution in [-0.2, 0) is 25.5 Å². The van der Waals surface area contributed by atoms with Crippen LogP contribution < -0.4 is 10.1 Å². The van der Waals surface area contributed by atoms with E-state index in [1.807, 2.05) is 6.07 Å². The third kappa shape index (κ3) is 6.15. The number of esters is 1. The zero-order chi connectivity index (χ0) is 22.3. The zero-order valence-electron chi connectivity index (χ0n) is 17.2. The second-order valence-electron chi connectivity index (χ2n) is 7.14. The first kappa shape index (κ1) is 23.1. The lowest BCUT2D eigenvalue weighted by molar-refractivity contribution is -0.152. The highest BCUT2D eigenvalue weighted by Crippen LogP contribution is 2.24. The van der Waals surface area contributed by atoms with Crippen LogP contribution in [-0.4, -0.2) is 59.3 Å². The van der Waals surface area contributed by atoms with E-state index in [4.69, 9.17) is 14.9 Å². The summed E-state index contributed by atoms with van der Waals surface area (Å²) >= 11 is 0. The van der Waals surface area contributed by atoms with Gasteiger partial charge in [0, 0.05) is 29.9 Å². The Morgan fingerprint density at radius 1 is 1.30 bits per heavy atom. The molecule has 2 aromatic rings. The summed E-state index contributed by atoms with van der Waals surface area (Å²) in [6.45, 7) is 3.33. The van der Waals surface area contributed by atoms with Gasteiger partial charge < -0.3 is 30.3 Å². The van der Waals surface area contributed by atoms with Crippen molar-refractivity contribution in [1.82, 2.24) is 10.3 Å². The van der Waals surface area contributed by atoms with Crippen LogP contribution in [0.3, 0.4) is 0 Å². The van der Waals surface area contributed by atoms with Gasteiger partial charge in [-0.15, -0.1) is 0 Å². The number of H-pyrrole nitrogens is 1. The van der Waals surface area contributed by atoms with Crippen LogP contribution in [0.2, 0.25) is 0 Å². The number of benzene rings is 1. The SMILES string of the molecule is COc1ccc2[nH]cc(C[C@H](O)C(=O)N[C@@H](CCC(=O)C=N)C(=O)OC(C)C)c2c1. The van der Waals surface area contributed by atoms with Gasteiger partial charge in [-0.2, -0.15) is 0 Å². The second-order valence-corrected chi connectivity index (χ2v) is 7.14. The molecule has 2 rings (SSSR count). The van der Waals surface area contributed by atoms with Gasteiger partial charge in [0.05, 0.1) is 19.4 Å². The first-order valence-electron chi connectivity index (χ1n) is 9.61. The molecule has 0 spiro atoms. The summed E-state index contributed by atoms with van der Waals surface area (Å²) in [5.41, 5.74) is 1.55. The van der Waals surface area contributed by atoms with Gasteiger partial charge in [0.2, 0.25) is 5.91 Å². The predicted octanol–water partition coefficient (Wildman–Crippen LogP) is 1.52. The number of hydrogen-bond acceptors (Lipinski definition) is 7. The third-order valence-electron chi connectivity index (χ3n) is 4.48. The molecule has 1 aromatic heterocycles. The number of Topliss-reactive ketones (excluding diaryl/α,β-unsaturated/α-hetero) is 1. The lowest BCUT2D eigenvalue weighted by Crippen LogP contribution is -2.47. The Morgan fingerprint density at radius 3 is 2.67 bits per heavy atom. The summed E-state index contributed by atoms with van der Waals surface area (Å²) < 4.78 is 10.3. The number of hydrogen-bond donors (Lipinski definition) is 4. The summed E-state index contributed by atoms with van der Waals surface area (Å²) in [6, 6.07) is 4.34. The Balaban J connectivity index is 2.09. The molecule has 162 valence electrons. The molecule has 0 aliphatic carbocycles. The quantitative estimate of drug-likeness (QED) is 0.323. The van der Waals surface area contributed by atoms with E-state index in [0.717, 1.165) is 10.9 Å². The molecule has 1 aromatic carbocycles. The van der Waals surface area contributed by atoms with E-state index < -0.39 is 35.9 Å². The molecule has 2 atom stereocenters. The average Bonchev–Trinajstić information content (AvgIpc) is 3.11. The maximum Gasteiger partial charge on any atom is 0.328 e. The summed E-state index contributed by atoms with van der Waals surface area (Å²) in [7, 11) is 1.55. The Labute approximate surface area is 174 Å². The maximum atomic E-state index is 12.5. The van der Waals surface area contributed by atoms with Crippen molar-refractivity contribution < 1.29 is 29.0 Å². The molecule has 1 amide bonds. The maximum absolute atomic E-state index is 12.5. The van der Waals surface area contributed by atoms with E-state index in [-0.39, 0.29) is 19.3 Å². The van der Waals surface area contributed by atoms with Crippen molar-refractivity contribution in [3.63, 3.8) is 0 Å². The van der Waals surface area contributed by atoms with Gasteiger partial charge in [0.25, 0.3) is 0 Å². The number of aliphatic hydroxyl groups is 1. The Bertz CT molecular complexity index is 921. The van der Waals surface area contributed by atoms with Crippen molar-refractivity contribution >= 4 is 34.8 Å². The van der Waals surface area contributed by atoms with E-state index >= 15 is 0 Å². The monoisotopic (exact) mass is 417 g/mol. The summed E-state index contributed by atoms with van der Waals surface area (Å²) in [5, 5.41) is 20.6. The summed E-state index contributed by atoms with van der Waals surface area (Å²) in [5.74, 6) is -1.27. The first-order valence-corrected chi connectivity index (χ1v) is 9.61. The van der Waals surface area contributed by atoms with Crippen LogP contribution in [0.15, 0.2) is 24.4 Å². The third-order valence-corrected chi connectivity index (χ3v) is 4.48. The van der Waals surface area contributed by atoms with Crippen molar-refractivity contribution in [1.29, 1.82) is 5.41 Å². The van der Waals surface area contributed by atoms with Crippen LogP contribution in [0.25, 0.3) is 10.9 Å².